The minimum Gasteiger partial charge on any atom is -0.348 e. The third-order valence-corrected chi connectivity index (χ3v) is 2.23. The summed E-state index contributed by atoms with van der Waals surface area (Å²) in [6.07, 6.45) is 5.51. The highest BCUT2D eigenvalue weighted by atomic mass is 16.1. The number of pyridine rings is 1. The van der Waals surface area contributed by atoms with Gasteiger partial charge in [-0.25, -0.2) is 0 Å². The summed E-state index contributed by atoms with van der Waals surface area (Å²) in [5.41, 5.74) is 1.73. The quantitative estimate of drug-likeness (QED) is 0.711. The molecule has 0 spiro atoms. The largest absolute Gasteiger partial charge is 0.348 e. The van der Waals surface area contributed by atoms with Gasteiger partial charge in [0.15, 0.2) is 5.78 Å². The first-order valence-corrected chi connectivity index (χ1v) is 4.82. The fraction of sp³-hybridized carbons (Fsp3) is 0.167. The van der Waals surface area contributed by atoms with Crippen LogP contribution in [0.5, 0.6) is 0 Å². The molecule has 2 aromatic rings. The molecule has 0 unspecified atom stereocenters. The van der Waals surface area contributed by atoms with Crippen molar-refractivity contribution in [3.05, 3.63) is 54.1 Å². The first-order chi connectivity index (χ1) is 7.25. The fourth-order valence-corrected chi connectivity index (χ4v) is 1.43. The highest BCUT2D eigenvalue weighted by molar-refractivity contribution is 5.93. The van der Waals surface area contributed by atoms with Gasteiger partial charge in [0.25, 0.3) is 0 Å². The average Bonchev–Trinajstić information content (AvgIpc) is 2.68. The van der Waals surface area contributed by atoms with E-state index in [1.165, 1.54) is 0 Å². The zero-order valence-corrected chi connectivity index (χ0v) is 8.55. The fourth-order valence-electron chi connectivity index (χ4n) is 1.43. The summed E-state index contributed by atoms with van der Waals surface area (Å²) in [6, 6.07) is 7.64. The van der Waals surface area contributed by atoms with Crippen LogP contribution in [-0.4, -0.2) is 15.3 Å². The number of nitrogens with zero attached hydrogens (tertiary/aromatic N) is 2. The number of Topliss-reactive ketones (excluding diaryl/α,β-unsaturated/α-hetero) is 1. The van der Waals surface area contributed by atoms with Gasteiger partial charge in [0.05, 0.1) is 12.2 Å². The minimum absolute atomic E-state index is 0.0924. The summed E-state index contributed by atoms with van der Waals surface area (Å²) in [7, 11) is 0. The van der Waals surface area contributed by atoms with Gasteiger partial charge in [-0.2, -0.15) is 0 Å². The number of hydrogen-bond acceptors (Lipinski definition) is 2. The summed E-state index contributed by atoms with van der Waals surface area (Å²) in [5, 5.41) is 0. The molecule has 3 heteroatoms. The van der Waals surface area contributed by atoms with Gasteiger partial charge in [-0.05, 0) is 25.1 Å². The van der Waals surface area contributed by atoms with E-state index in [1.807, 2.05) is 41.2 Å². The monoisotopic (exact) mass is 200 g/mol. The average molecular weight is 200 g/mol. The van der Waals surface area contributed by atoms with Crippen LogP contribution in [-0.2, 0) is 6.54 Å². The molecule has 0 aromatic carbocycles. The van der Waals surface area contributed by atoms with Crippen LogP contribution in [0, 0.1) is 0 Å². The van der Waals surface area contributed by atoms with Crippen molar-refractivity contribution in [1.29, 1.82) is 0 Å². The maximum Gasteiger partial charge on any atom is 0.161 e. The SMILES string of the molecule is CC(=O)c1ccn(Cc2ccccn2)c1. The Balaban J connectivity index is 2.15. The van der Waals surface area contributed by atoms with Crippen molar-refractivity contribution >= 4 is 5.78 Å². The Morgan fingerprint density at radius 1 is 1.40 bits per heavy atom. The maximum atomic E-state index is 11.1. The Morgan fingerprint density at radius 2 is 2.27 bits per heavy atom. The van der Waals surface area contributed by atoms with E-state index in [9.17, 15) is 4.79 Å². The van der Waals surface area contributed by atoms with Crippen molar-refractivity contribution in [2.24, 2.45) is 0 Å². The van der Waals surface area contributed by atoms with Crippen molar-refractivity contribution in [3.8, 4) is 0 Å². The van der Waals surface area contributed by atoms with Crippen molar-refractivity contribution in [2.45, 2.75) is 13.5 Å². The molecule has 0 aliphatic heterocycles. The van der Waals surface area contributed by atoms with Crippen molar-refractivity contribution < 1.29 is 4.79 Å². The van der Waals surface area contributed by atoms with E-state index < -0.39 is 0 Å². The van der Waals surface area contributed by atoms with E-state index in [0.717, 1.165) is 11.3 Å². The molecule has 15 heavy (non-hydrogen) atoms. The second-order valence-electron chi connectivity index (χ2n) is 3.45. The van der Waals surface area contributed by atoms with Crippen molar-refractivity contribution in [1.82, 2.24) is 9.55 Å². The van der Waals surface area contributed by atoms with Gasteiger partial charge in [-0.15, -0.1) is 0 Å². The van der Waals surface area contributed by atoms with Gasteiger partial charge in [0.2, 0.25) is 0 Å². The van der Waals surface area contributed by atoms with Gasteiger partial charge in [-0.3, -0.25) is 9.78 Å². The van der Waals surface area contributed by atoms with E-state index >= 15 is 0 Å². The van der Waals surface area contributed by atoms with Gasteiger partial charge in [0, 0.05) is 24.2 Å². The molecule has 2 aromatic heterocycles. The molecule has 0 fully saturated rings. The number of carbonyl (C=O) groups excluding carboxylic acids is 1. The molecule has 0 aliphatic rings. The predicted octanol–water partition coefficient (Wildman–Crippen LogP) is 2.13. The molecule has 2 heterocycles. The molecule has 0 N–H and O–H groups in total. The molecule has 0 radical (unpaired) electrons. The zero-order valence-electron chi connectivity index (χ0n) is 8.55. The van der Waals surface area contributed by atoms with Crippen LogP contribution in [0.3, 0.4) is 0 Å². The molecule has 0 bridgehead atoms. The Bertz CT molecular complexity index is 459. The maximum absolute atomic E-state index is 11.1. The number of carbonyl (C=O) groups is 1. The van der Waals surface area contributed by atoms with E-state index in [-0.39, 0.29) is 5.78 Å². The number of rotatable bonds is 3. The molecule has 0 aliphatic carbocycles. The van der Waals surface area contributed by atoms with Gasteiger partial charge >= 0.3 is 0 Å². The van der Waals surface area contributed by atoms with Crippen LogP contribution in [0.15, 0.2) is 42.9 Å². The minimum atomic E-state index is 0.0924. The molecule has 76 valence electrons. The van der Waals surface area contributed by atoms with E-state index in [2.05, 4.69) is 4.98 Å². The van der Waals surface area contributed by atoms with Gasteiger partial charge < -0.3 is 4.57 Å². The second kappa shape index (κ2) is 4.09. The molecule has 0 amide bonds. The summed E-state index contributed by atoms with van der Waals surface area (Å²) < 4.78 is 1.96. The van der Waals surface area contributed by atoms with Gasteiger partial charge in [0.1, 0.15) is 0 Å². The second-order valence-corrected chi connectivity index (χ2v) is 3.45. The predicted molar refractivity (Wildman–Crippen MR) is 57.8 cm³/mol. The Labute approximate surface area is 88.4 Å². The first kappa shape index (κ1) is 9.65. The molecule has 3 nitrogen and oxygen atoms in total. The van der Waals surface area contributed by atoms with Crippen LogP contribution in [0.1, 0.15) is 23.0 Å². The lowest BCUT2D eigenvalue weighted by Gasteiger charge is -2.00. The molecular formula is C12H12N2O. The van der Waals surface area contributed by atoms with E-state index in [0.29, 0.717) is 6.54 Å². The summed E-state index contributed by atoms with van der Waals surface area (Å²) >= 11 is 0. The summed E-state index contributed by atoms with van der Waals surface area (Å²) in [4.78, 5) is 15.3. The van der Waals surface area contributed by atoms with Crippen LogP contribution >= 0.6 is 0 Å². The highest BCUT2D eigenvalue weighted by Crippen LogP contribution is 2.04. The topological polar surface area (TPSA) is 34.9 Å². The Kier molecular flexibility index (Phi) is 2.63. The lowest BCUT2D eigenvalue weighted by atomic mass is 10.2. The number of ketones is 1. The third kappa shape index (κ3) is 2.31. The molecule has 0 atom stereocenters. The van der Waals surface area contributed by atoms with Crippen molar-refractivity contribution in [3.63, 3.8) is 0 Å². The number of aromatic nitrogens is 2. The first-order valence-electron chi connectivity index (χ1n) is 4.82. The third-order valence-electron chi connectivity index (χ3n) is 2.23. The summed E-state index contributed by atoms with van der Waals surface area (Å²) in [5.74, 6) is 0.0924. The van der Waals surface area contributed by atoms with Gasteiger partial charge in [-0.1, -0.05) is 6.07 Å². The number of hydrogen-bond donors (Lipinski definition) is 0. The standard InChI is InChI=1S/C12H12N2O/c1-10(15)11-5-7-14(8-11)9-12-4-2-3-6-13-12/h2-8H,9H2,1H3. The van der Waals surface area contributed by atoms with Crippen LogP contribution in [0.25, 0.3) is 0 Å². The Morgan fingerprint density at radius 3 is 2.87 bits per heavy atom. The van der Waals surface area contributed by atoms with E-state index in [1.54, 1.807) is 13.1 Å². The molecule has 2 rings (SSSR count). The van der Waals surface area contributed by atoms with Crippen molar-refractivity contribution in [2.75, 3.05) is 0 Å². The summed E-state index contributed by atoms with van der Waals surface area (Å²) in [6.45, 7) is 2.27. The van der Waals surface area contributed by atoms with Crippen LogP contribution < -0.4 is 0 Å². The van der Waals surface area contributed by atoms with E-state index in [4.69, 9.17) is 0 Å². The lowest BCUT2D eigenvalue weighted by Crippen LogP contribution is -1.98. The molecule has 0 saturated heterocycles. The normalized spacial score (nSPS) is 10.2. The zero-order chi connectivity index (χ0) is 10.7. The van der Waals surface area contributed by atoms with Crippen LogP contribution in [0.4, 0.5) is 0 Å². The smallest absolute Gasteiger partial charge is 0.161 e. The van der Waals surface area contributed by atoms with Crippen LogP contribution in [0.2, 0.25) is 0 Å². The lowest BCUT2D eigenvalue weighted by molar-refractivity contribution is 0.101. The molecular weight excluding hydrogens is 188 g/mol. The highest BCUT2D eigenvalue weighted by Gasteiger charge is 2.01. The molecule has 0 saturated carbocycles. The Hall–Kier alpha value is -1.90.